The van der Waals surface area contributed by atoms with Crippen LogP contribution in [0.15, 0.2) is 0 Å². The van der Waals surface area contributed by atoms with Gasteiger partial charge in [0.25, 0.3) is 0 Å². The minimum absolute atomic E-state index is 0.0762. The molecular weight excluding hydrogens is 220 g/mol. The minimum atomic E-state index is -0.625. The molecule has 1 aliphatic rings. The van der Waals surface area contributed by atoms with E-state index in [1.807, 2.05) is 6.92 Å². The topological polar surface area (TPSA) is 72.6 Å². The summed E-state index contributed by atoms with van der Waals surface area (Å²) in [5, 5.41) is 0. The first-order valence-corrected chi connectivity index (χ1v) is 5.94. The number of primary amides is 1. The second kappa shape index (κ2) is 4.55. The Morgan fingerprint density at radius 1 is 1.41 bits per heavy atom. The van der Waals surface area contributed by atoms with Crippen LogP contribution in [0.3, 0.4) is 0 Å². The zero-order chi connectivity index (χ0) is 13.4. The lowest BCUT2D eigenvalue weighted by Gasteiger charge is -2.30. The molecule has 0 aliphatic heterocycles. The fourth-order valence-electron chi connectivity index (χ4n) is 1.72. The number of hydrogen-bond donors (Lipinski definition) is 1. The van der Waals surface area contributed by atoms with Crippen LogP contribution in [0.1, 0.15) is 41.0 Å². The van der Waals surface area contributed by atoms with E-state index < -0.39 is 23.6 Å². The number of nitrogens with zero attached hydrogens (tertiary/aromatic N) is 1. The van der Waals surface area contributed by atoms with Crippen molar-refractivity contribution < 1.29 is 14.3 Å². The summed E-state index contributed by atoms with van der Waals surface area (Å²) >= 11 is 0. The molecule has 0 aromatic heterocycles. The number of nitrogens with two attached hydrogens (primary N) is 1. The van der Waals surface area contributed by atoms with Crippen LogP contribution in [-0.2, 0) is 9.53 Å². The summed E-state index contributed by atoms with van der Waals surface area (Å²) in [7, 11) is 0. The van der Waals surface area contributed by atoms with Gasteiger partial charge in [0, 0.05) is 6.04 Å². The van der Waals surface area contributed by atoms with Gasteiger partial charge in [0.1, 0.15) is 11.6 Å². The van der Waals surface area contributed by atoms with Crippen molar-refractivity contribution in [3.8, 4) is 0 Å². The third-order valence-corrected chi connectivity index (χ3v) is 2.86. The molecular formula is C12H22N2O3. The van der Waals surface area contributed by atoms with Gasteiger partial charge in [-0.3, -0.25) is 9.69 Å². The van der Waals surface area contributed by atoms with Gasteiger partial charge in [0.15, 0.2) is 0 Å². The van der Waals surface area contributed by atoms with Crippen molar-refractivity contribution in [2.45, 2.75) is 58.7 Å². The second-order valence-corrected chi connectivity index (χ2v) is 5.75. The summed E-state index contributed by atoms with van der Waals surface area (Å²) < 4.78 is 5.30. The van der Waals surface area contributed by atoms with Gasteiger partial charge in [-0.25, -0.2) is 4.79 Å². The van der Waals surface area contributed by atoms with E-state index >= 15 is 0 Å². The average Bonchev–Trinajstić information content (AvgIpc) is 2.79. The normalized spacial score (nSPS) is 25.0. The van der Waals surface area contributed by atoms with Crippen LogP contribution < -0.4 is 5.73 Å². The number of carbonyl (C=O) groups is 2. The third kappa shape index (κ3) is 3.61. The fourth-order valence-corrected chi connectivity index (χ4v) is 1.72. The summed E-state index contributed by atoms with van der Waals surface area (Å²) in [6.07, 6.45) is 0.440. The van der Waals surface area contributed by atoms with Gasteiger partial charge in [0.2, 0.25) is 5.91 Å². The van der Waals surface area contributed by atoms with Crippen molar-refractivity contribution in [1.82, 2.24) is 4.90 Å². The average molecular weight is 242 g/mol. The highest BCUT2D eigenvalue weighted by Crippen LogP contribution is 2.37. The maximum atomic E-state index is 12.0. The van der Waals surface area contributed by atoms with Gasteiger partial charge in [-0.15, -0.1) is 0 Å². The molecule has 2 N–H and O–H groups in total. The first-order chi connectivity index (χ1) is 7.63. The maximum Gasteiger partial charge on any atom is 0.411 e. The van der Waals surface area contributed by atoms with E-state index in [1.165, 1.54) is 4.90 Å². The van der Waals surface area contributed by atoms with Crippen LogP contribution in [0.5, 0.6) is 0 Å². The fraction of sp³-hybridized carbons (Fsp3) is 0.833. The highest BCUT2D eigenvalue weighted by Gasteiger charge is 2.45. The molecule has 1 aliphatic carbocycles. The Morgan fingerprint density at radius 3 is 2.18 bits per heavy atom. The molecule has 0 heterocycles. The molecule has 1 fully saturated rings. The lowest BCUT2D eigenvalue weighted by Crippen LogP contribution is -2.49. The van der Waals surface area contributed by atoms with Gasteiger partial charge in [-0.1, -0.05) is 6.92 Å². The molecule has 17 heavy (non-hydrogen) atoms. The van der Waals surface area contributed by atoms with Crippen molar-refractivity contribution in [3.63, 3.8) is 0 Å². The van der Waals surface area contributed by atoms with Gasteiger partial charge >= 0.3 is 6.09 Å². The Morgan fingerprint density at radius 2 is 1.88 bits per heavy atom. The molecule has 0 aromatic carbocycles. The molecule has 0 bridgehead atoms. The standard InChI is InChI=1S/C12H22N2O3/c1-7-6-9(7)14(8(2)10(13)15)11(16)17-12(3,4)5/h7-9H,6H2,1-5H3,(H2,13,15)/t7?,8-,9-/m0/s1. The smallest absolute Gasteiger partial charge is 0.411 e. The Balaban J connectivity index is 2.77. The van der Waals surface area contributed by atoms with E-state index in [2.05, 4.69) is 0 Å². The number of rotatable bonds is 3. The van der Waals surface area contributed by atoms with Crippen LogP contribution in [0.2, 0.25) is 0 Å². The van der Waals surface area contributed by atoms with Crippen LogP contribution in [0.4, 0.5) is 4.79 Å². The molecule has 1 saturated carbocycles. The summed E-state index contributed by atoms with van der Waals surface area (Å²) in [6, 6.07) is -0.549. The first kappa shape index (κ1) is 13.8. The second-order valence-electron chi connectivity index (χ2n) is 5.75. The number of ether oxygens (including phenoxy) is 1. The molecule has 1 rings (SSSR count). The van der Waals surface area contributed by atoms with Gasteiger partial charge in [-0.2, -0.15) is 0 Å². The molecule has 2 amide bonds. The van der Waals surface area contributed by atoms with E-state index in [0.29, 0.717) is 5.92 Å². The van der Waals surface area contributed by atoms with E-state index in [9.17, 15) is 9.59 Å². The number of amides is 2. The van der Waals surface area contributed by atoms with Gasteiger partial charge < -0.3 is 10.5 Å². The lowest BCUT2D eigenvalue weighted by atomic mass is 10.2. The Labute approximate surface area is 102 Å². The van der Waals surface area contributed by atoms with Crippen molar-refractivity contribution >= 4 is 12.0 Å². The van der Waals surface area contributed by atoms with Crippen molar-refractivity contribution in [2.75, 3.05) is 0 Å². The Bertz CT molecular complexity index is 322. The van der Waals surface area contributed by atoms with Gasteiger partial charge in [0.05, 0.1) is 0 Å². The van der Waals surface area contributed by atoms with E-state index in [0.717, 1.165) is 6.42 Å². The SMILES string of the molecule is CC1C[C@@H]1N(C(=O)OC(C)(C)C)[C@@H](C)C(N)=O. The van der Waals surface area contributed by atoms with Gasteiger partial charge in [-0.05, 0) is 40.0 Å². The summed E-state index contributed by atoms with van der Waals surface area (Å²) in [6.45, 7) is 9.07. The molecule has 1 unspecified atom stereocenters. The van der Waals surface area contributed by atoms with Crippen molar-refractivity contribution in [2.24, 2.45) is 11.7 Å². The number of carbonyl (C=O) groups excluding carboxylic acids is 2. The number of hydrogen-bond acceptors (Lipinski definition) is 3. The Kier molecular flexibility index (Phi) is 3.69. The monoisotopic (exact) mass is 242 g/mol. The predicted molar refractivity (Wildman–Crippen MR) is 64.3 cm³/mol. The molecule has 98 valence electrons. The highest BCUT2D eigenvalue weighted by atomic mass is 16.6. The summed E-state index contributed by atoms with van der Waals surface area (Å²) in [5.41, 5.74) is 4.70. The molecule has 0 radical (unpaired) electrons. The molecule has 0 spiro atoms. The lowest BCUT2D eigenvalue weighted by molar-refractivity contribution is -0.123. The largest absolute Gasteiger partial charge is 0.444 e. The zero-order valence-electron chi connectivity index (χ0n) is 11.2. The first-order valence-electron chi connectivity index (χ1n) is 5.94. The van der Waals surface area contributed by atoms with Crippen molar-refractivity contribution in [1.29, 1.82) is 0 Å². The van der Waals surface area contributed by atoms with Crippen LogP contribution in [0, 0.1) is 5.92 Å². The summed E-state index contributed by atoms with van der Waals surface area (Å²) in [4.78, 5) is 24.7. The van der Waals surface area contributed by atoms with E-state index in [4.69, 9.17) is 10.5 Å². The predicted octanol–water partition coefficient (Wildman–Crippen LogP) is 1.51. The molecule has 0 aromatic rings. The van der Waals surface area contributed by atoms with Crippen LogP contribution >= 0.6 is 0 Å². The van der Waals surface area contributed by atoms with Crippen LogP contribution in [0.25, 0.3) is 0 Å². The highest BCUT2D eigenvalue weighted by molar-refractivity contribution is 5.84. The molecule has 5 heteroatoms. The molecule has 0 saturated heterocycles. The van der Waals surface area contributed by atoms with Crippen molar-refractivity contribution in [3.05, 3.63) is 0 Å². The maximum absolute atomic E-state index is 12.0. The van der Waals surface area contributed by atoms with Crippen LogP contribution in [-0.4, -0.2) is 34.6 Å². The molecule has 3 atom stereocenters. The molecule has 5 nitrogen and oxygen atoms in total. The summed E-state index contributed by atoms with van der Waals surface area (Å²) in [5.74, 6) is -0.0979. The Hall–Kier alpha value is -1.26. The van der Waals surface area contributed by atoms with E-state index in [-0.39, 0.29) is 6.04 Å². The minimum Gasteiger partial charge on any atom is -0.444 e. The quantitative estimate of drug-likeness (QED) is 0.815. The zero-order valence-corrected chi connectivity index (χ0v) is 11.2. The van der Waals surface area contributed by atoms with E-state index in [1.54, 1.807) is 27.7 Å². The third-order valence-electron chi connectivity index (χ3n) is 2.86.